The molecule has 0 saturated carbocycles. The molecular formula is C27H28F6N4O5. The Bertz CT molecular complexity index is 1340. The molecule has 1 aliphatic heterocycles. The van der Waals surface area contributed by atoms with E-state index in [1.165, 1.54) is 11.1 Å². The van der Waals surface area contributed by atoms with Crippen molar-refractivity contribution in [3.63, 3.8) is 0 Å². The topological polar surface area (TPSA) is 116 Å². The van der Waals surface area contributed by atoms with E-state index < -0.39 is 24.3 Å². The lowest BCUT2D eigenvalue weighted by molar-refractivity contribution is -0.193. The van der Waals surface area contributed by atoms with Crippen molar-refractivity contribution in [1.82, 2.24) is 19.4 Å². The number of imidazole rings is 1. The maximum absolute atomic E-state index is 13.2. The summed E-state index contributed by atoms with van der Waals surface area (Å²) in [6.45, 7) is 6.39. The molecule has 1 fully saturated rings. The molecule has 4 rings (SSSR count). The summed E-state index contributed by atoms with van der Waals surface area (Å²) in [5.41, 5.74) is 4.30. The summed E-state index contributed by atoms with van der Waals surface area (Å²) in [4.78, 5) is 39.8. The molecule has 2 aromatic carbocycles. The van der Waals surface area contributed by atoms with Gasteiger partial charge < -0.3 is 19.7 Å². The number of hydrogen-bond donors (Lipinski definition) is 2. The molecule has 1 aliphatic rings. The quantitative estimate of drug-likeness (QED) is 0.419. The highest BCUT2D eigenvalue weighted by Crippen LogP contribution is 2.24. The van der Waals surface area contributed by atoms with Crippen LogP contribution < -0.4 is 0 Å². The van der Waals surface area contributed by atoms with E-state index in [4.69, 9.17) is 19.8 Å². The Kier molecular flexibility index (Phi) is 11.7. The zero-order valence-electron chi connectivity index (χ0n) is 22.5. The van der Waals surface area contributed by atoms with Crippen molar-refractivity contribution in [2.24, 2.45) is 7.05 Å². The number of hydrogen-bond acceptors (Lipinski definition) is 5. The van der Waals surface area contributed by atoms with Crippen molar-refractivity contribution < 1.29 is 50.9 Å². The number of aromatic nitrogens is 2. The number of aliphatic carboxylic acids is 2. The number of amides is 1. The van der Waals surface area contributed by atoms with Crippen molar-refractivity contribution in [2.75, 3.05) is 26.2 Å². The fourth-order valence-electron chi connectivity index (χ4n) is 3.80. The van der Waals surface area contributed by atoms with E-state index in [0.717, 1.165) is 49.7 Å². The number of nitrogens with zero attached hydrogens (tertiary/aromatic N) is 4. The van der Waals surface area contributed by atoms with Gasteiger partial charge in [-0.3, -0.25) is 9.69 Å². The highest BCUT2D eigenvalue weighted by molar-refractivity contribution is 6.00. The van der Waals surface area contributed by atoms with E-state index in [9.17, 15) is 31.1 Å². The van der Waals surface area contributed by atoms with Gasteiger partial charge in [-0.1, -0.05) is 42.5 Å². The van der Waals surface area contributed by atoms with Gasteiger partial charge in [0.1, 0.15) is 5.82 Å². The first-order valence-electron chi connectivity index (χ1n) is 12.3. The number of aryl methyl sites for hydroxylation is 2. The third-order valence-corrected chi connectivity index (χ3v) is 6.02. The van der Waals surface area contributed by atoms with E-state index in [-0.39, 0.29) is 5.91 Å². The Morgan fingerprint density at radius 1 is 0.833 bits per heavy atom. The molecule has 0 radical (unpaired) electrons. The van der Waals surface area contributed by atoms with Gasteiger partial charge in [0.05, 0.1) is 5.56 Å². The van der Waals surface area contributed by atoms with Gasteiger partial charge in [0.2, 0.25) is 0 Å². The molecule has 228 valence electrons. The van der Waals surface area contributed by atoms with Crippen molar-refractivity contribution in [2.45, 2.75) is 25.8 Å². The normalized spacial score (nSPS) is 13.8. The van der Waals surface area contributed by atoms with Gasteiger partial charge in [0, 0.05) is 57.7 Å². The van der Waals surface area contributed by atoms with E-state index in [0.29, 0.717) is 0 Å². The molecule has 1 amide bonds. The number of carbonyl (C=O) groups excluding carboxylic acids is 1. The lowest BCUT2D eigenvalue weighted by Gasteiger charge is -2.35. The predicted molar refractivity (Wildman–Crippen MR) is 138 cm³/mol. The summed E-state index contributed by atoms with van der Waals surface area (Å²) in [7, 11) is 1.95. The summed E-state index contributed by atoms with van der Waals surface area (Å²) in [5, 5.41) is 14.2. The number of rotatable bonds is 4. The zero-order chi connectivity index (χ0) is 31.7. The van der Waals surface area contributed by atoms with Gasteiger partial charge in [-0.15, -0.1) is 0 Å². The number of carbonyl (C=O) groups is 3. The first-order chi connectivity index (χ1) is 19.5. The monoisotopic (exact) mass is 602 g/mol. The van der Waals surface area contributed by atoms with Crippen molar-refractivity contribution in [3.8, 4) is 11.4 Å². The van der Waals surface area contributed by atoms with Gasteiger partial charge in [0.25, 0.3) is 5.91 Å². The second kappa shape index (κ2) is 14.5. The number of carboxylic acids is 2. The van der Waals surface area contributed by atoms with Crippen LogP contribution in [0, 0.1) is 6.92 Å². The highest BCUT2D eigenvalue weighted by Gasteiger charge is 2.38. The molecule has 0 aliphatic carbocycles. The number of carboxylic acid groups (broad SMARTS) is 2. The smallest absolute Gasteiger partial charge is 0.475 e. The largest absolute Gasteiger partial charge is 0.490 e. The van der Waals surface area contributed by atoms with Gasteiger partial charge in [0.15, 0.2) is 0 Å². The fraction of sp³-hybridized carbons (Fsp3) is 0.333. The second-order valence-electron chi connectivity index (χ2n) is 9.01. The molecule has 1 aromatic heterocycles. The Morgan fingerprint density at radius 2 is 1.33 bits per heavy atom. The maximum Gasteiger partial charge on any atom is 0.490 e. The van der Waals surface area contributed by atoms with Gasteiger partial charge in [-0.05, 0) is 24.1 Å². The lowest BCUT2D eigenvalue weighted by Crippen LogP contribution is -2.48. The second-order valence-corrected chi connectivity index (χ2v) is 9.01. The van der Waals surface area contributed by atoms with Crippen molar-refractivity contribution in [1.29, 1.82) is 0 Å². The van der Waals surface area contributed by atoms with Crippen molar-refractivity contribution in [3.05, 3.63) is 77.6 Å². The molecule has 9 nitrogen and oxygen atoms in total. The highest BCUT2D eigenvalue weighted by atomic mass is 19.4. The molecule has 0 atom stereocenters. The van der Waals surface area contributed by atoms with E-state index in [1.54, 1.807) is 6.20 Å². The van der Waals surface area contributed by atoms with Crippen LogP contribution in [0.1, 0.15) is 21.5 Å². The number of alkyl halides is 6. The average molecular weight is 603 g/mol. The average Bonchev–Trinajstić information content (AvgIpc) is 3.35. The number of piperazine rings is 1. The number of halogens is 6. The van der Waals surface area contributed by atoms with Gasteiger partial charge >= 0.3 is 24.3 Å². The van der Waals surface area contributed by atoms with Crippen LogP contribution >= 0.6 is 0 Å². The van der Waals surface area contributed by atoms with Crippen LogP contribution in [-0.2, 0) is 23.2 Å². The van der Waals surface area contributed by atoms with Crippen LogP contribution in [0.4, 0.5) is 26.3 Å². The summed E-state index contributed by atoms with van der Waals surface area (Å²) < 4.78 is 65.4. The molecule has 0 spiro atoms. The summed E-state index contributed by atoms with van der Waals surface area (Å²) in [6.07, 6.45) is -6.50. The van der Waals surface area contributed by atoms with Gasteiger partial charge in [-0.25, -0.2) is 14.6 Å². The maximum atomic E-state index is 13.2. The first-order valence-corrected chi connectivity index (χ1v) is 12.3. The van der Waals surface area contributed by atoms with E-state index in [1.807, 2.05) is 47.0 Å². The summed E-state index contributed by atoms with van der Waals surface area (Å²) in [6, 6.07) is 16.3. The minimum absolute atomic E-state index is 0.0918. The van der Waals surface area contributed by atoms with Crippen LogP contribution in [0.3, 0.4) is 0 Å². The molecule has 15 heteroatoms. The molecule has 2 heterocycles. The summed E-state index contributed by atoms with van der Waals surface area (Å²) in [5.74, 6) is -4.60. The van der Waals surface area contributed by atoms with Crippen LogP contribution in [0.5, 0.6) is 0 Å². The molecule has 3 aromatic rings. The van der Waals surface area contributed by atoms with Crippen molar-refractivity contribution >= 4 is 17.8 Å². The Hall–Kier alpha value is -4.40. The standard InChI is InChI=1S/C23H26N4O.2C2HF3O2/c1-18-7-3-4-8-19(18)17-26-13-15-27(16-14-26)23(28)21-10-6-5-9-20(21)22-24-11-12-25(22)2;2*3-2(4,5)1(6)7/h3-12H,13-17H2,1-2H3;2*(H,6,7). The van der Waals surface area contributed by atoms with Crippen LogP contribution in [0.15, 0.2) is 60.9 Å². The van der Waals surface area contributed by atoms with E-state index in [2.05, 4.69) is 41.1 Å². The van der Waals surface area contributed by atoms with Crippen LogP contribution in [0.2, 0.25) is 0 Å². The van der Waals surface area contributed by atoms with Crippen LogP contribution in [-0.4, -0.2) is 85.9 Å². The predicted octanol–water partition coefficient (Wildman–Crippen LogP) is 4.62. The number of benzene rings is 2. The molecule has 0 unspecified atom stereocenters. The zero-order valence-corrected chi connectivity index (χ0v) is 22.5. The van der Waals surface area contributed by atoms with Crippen LogP contribution in [0.25, 0.3) is 11.4 Å². The minimum atomic E-state index is -5.08. The van der Waals surface area contributed by atoms with Gasteiger partial charge in [-0.2, -0.15) is 26.3 Å². The molecule has 0 bridgehead atoms. The molecule has 1 saturated heterocycles. The Morgan fingerprint density at radius 3 is 1.81 bits per heavy atom. The van der Waals surface area contributed by atoms with E-state index >= 15 is 0 Å². The third kappa shape index (κ3) is 9.90. The minimum Gasteiger partial charge on any atom is -0.475 e. The molecule has 2 N–H and O–H groups in total. The lowest BCUT2D eigenvalue weighted by atomic mass is 10.0. The first kappa shape index (κ1) is 33.8. The third-order valence-electron chi connectivity index (χ3n) is 6.02. The summed E-state index contributed by atoms with van der Waals surface area (Å²) >= 11 is 0. The molecular weight excluding hydrogens is 574 g/mol. The molecule has 42 heavy (non-hydrogen) atoms. The SMILES string of the molecule is Cc1ccccc1CN1CCN(C(=O)c2ccccc2-c2nccn2C)CC1.O=C(O)C(F)(F)F.O=C(O)C(F)(F)F. The fourth-order valence-corrected chi connectivity index (χ4v) is 3.80. The Balaban J connectivity index is 0.000000367. The Labute approximate surface area is 236 Å².